The lowest BCUT2D eigenvalue weighted by atomic mass is 9.99. The molecule has 0 aliphatic carbocycles. The molecule has 2 unspecified atom stereocenters. The molecule has 1 N–H and O–H groups in total. The van der Waals surface area contributed by atoms with Crippen LogP contribution in [-0.4, -0.2) is 26.3 Å². The summed E-state index contributed by atoms with van der Waals surface area (Å²) in [6.07, 6.45) is 2.39. The van der Waals surface area contributed by atoms with Crippen LogP contribution >= 0.6 is 0 Å². The van der Waals surface area contributed by atoms with Gasteiger partial charge in [-0.25, -0.2) is 0 Å². The molecule has 2 atom stereocenters. The average Bonchev–Trinajstić information content (AvgIpc) is 2.46. The van der Waals surface area contributed by atoms with Gasteiger partial charge >= 0.3 is 0 Å². The molecule has 0 radical (unpaired) electrons. The van der Waals surface area contributed by atoms with E-state index >= 15 is 0 Å². The topological polar surface area (TPSA) is 45.0 Å². The predicted molar refractivity (Wildman–Crippen MR) is 71.2 cm³/mol. The lowest BCUT2D eigenvalue weighted by Gasteiger charge is -2.22. The third kappa shape index (κ3) is 3.83. The molecule has 1 fully saturated rings. The monoisotopic (exact) mass is 244 g/mol. The second kappa shape index (κ2) is 7.15. The molecule has 1 aromatic rings. The standard InChI is InChI=1S/C15H20N2O/c16-9-15(14-6-2-1-3-7-14)11-17-10-13-5-4-8-18-12-13/h1-3,6-7,13,15,17H,4-5,8,10-12H2. The first-order valence-electron chi connectivity index (χ1n) is 6.63. The van der Waals surface area contributed by atoms with E-state index in [1.807, 2.05) is 30.3 Å². The molecule has 3 heteroatoms. The summed E-state index contributed by atoms with van der Waals surface area (Å²) in [6, 6.07) is 12.3. The van der Waals surface area contributed by atoms with Gasteiger partial charge in [-0.3, -0.25) is 0 Å². The number of ether oxygens (including phenoxy) is 1. The Kier molecular flexibility index (Phi) is 5.19. The maximum atomic E-state index is 9.20. The molecule has 0 bridgehead atoms. The number of benzene rings is 1. The number of rotatable bonds is 5. The fraction of sp³-hybridized carbons (Fsp3) is 0.533. The largest absolute Gasteiger partial charge is 0.381 e. The Hall–Kier alpha value is -1.37. The highest BCUT2D eigenvalue weighted by Gasteiger charge is 2.15. The molecular weight excluding hydrogens is 224 g/mol. The Bertz CT molecular complexity index is 379. The summed E-state index contributed by atoms with van der Waals surface area (Å²) >= 11 is 0. The second-order valence-electron chi connectivity index (χ2n) is 4.83. The van der Waals surface area contributed by atoms with Gasteiger partial charge in [-0.05, 0) is 24.3 Å². The summed E-state index contributed by atoms with van der Waals surface area (Å²) in [4.78, 5) is 0. The van der Waals surface area contributed by atoms with Crippen molar-refractivity contribution >= 4 is 0 Å². The van der Waals surface area contributed by atoms with Crippen LogP contribution in [0.25, 0.3) is 0 Å². The van der Waals surface area contributed by atoms with Crippen LogP contribution in [0.15, 0.2) is 30.3 Å². The van der Waals surface area contributed by atoms with Crippen LogP contribution in [0.2, 0.25) is 0 Å². The normalized spacial score (nSPS) is 21.2. The van der Waals surface area contributed by atoms with Crippen molar-refractivity contribution in [3.63, 3.8) is 0 Å². The van der Waals surface area contributed by atoms with Gasteiger partial charge in [0.2, 0.25) is 0 Å². The number of nitrogens with one attached hydrogen (secondary N) is 1. The highest BCUT2D eigenvalue weighted by molar-refractivity contribution is 5.24. The van der Waals surface area contributed by atoms with Gasteiger partial charge in [0.05, 0.1) is 18.6 Å². The van der Waals surface area contributed by atoms with E-state index in [2.05, 4.69) is 11.4 Å². The molecule has 0 aromatic heterocycles. The highest BCUT2D eigenvalue weighted by atomic mass is 16.5. The third-order valence-electron chi connectivity index (χ3n) is 3.39. The molecule has 3 nitrogen and oxygen atoms in total. The molecule has 1 saturated heterocycles. The number of nitriles is 1. The minimum Gasteiger partial charge on any atom is -0.381 e. The van der Waals surface area contributed by atoms with Gasteiger partial charge in [-0.1, -0.05) is 30.3 Å². The number of hydrogen-bond acceptors (Lipinski definition) is 3. The van der Waals surface area contributed by atoms with Gasteiger partial charge in [0.15, 0.2) is 0 Å². The molecule has 0 amide bonds. The van der Waals surface area contributed by atoms with E-state index in [4.69, 9.17) is 4.74 Å². The lowest BCUT2D eigenvalue weighted by Crippen LogP contribution is -2.31. The lowest BCUT2D eigenvalue weighted by molar-refractivity contribution is 0.0549. The zero-order valence-electron chi connectivity index (χ0n) is 10.6. The summed E-state index contributed by atoms with van der Waals surface area (Å²) < 4.78 is 5.45. The van der Waals surface area contributed by atoms with Crippen molar-refractivity contribution in [3.8, 4) is 6.07 Å². The predicted octanol–water partition coefficient (Wildman–Crippen LogP) is 2.31. The van der Waals surface area contributed by atoms with Gasteiger partial charge in [0.25, 0.3) is 0 Å². The van der Waals surface area contributed by atoms with Crippen molar-refractivity contribution in [2.45, 2.75) is 18.8 Å². The molecule has 1 aliphatic heterocycles. The van der Waals surface area contributed by atoms with Crippen molar-refractivity contribution in [1.82, 2.24) is 5.32 Å². The Morgan fingerprint density at radius 1 is 1.39 bits per heavy atom. The molecule has 1 aliphatic rings. The van der Waals surface area contributed by atoms with Gasteiger partial charge < -0.3 is 10.1 Å². The summed E-state index contributed by atoms with van der Waals surface area (Å²) in [7, 11) is 0. The van der Waals surface area contributed by atoms with E-state index in [-0.39, 0.29) is 5.92 Å². The van der Waals surface area contributed by atoms with E-state index in [0.717, 1.165) is 38.3 Å². The Balaban J connectivity index is 1.76. The fourth-order valence-corrected chi connectivity index (χ4v) is 2.32. The van der Waals surface area contributed by atoms with E-state index < -0.39 is 0 Å². The minimum absolute atomic E-state index is 0.0595. The molecule has 0 spiro atoms. The van der Waals surface area contributed by atoms with Gasteiger partial charge in [0.1, 0.15) is 0 Å². The smallest absolute Gasteiger partial charge is 0.0837 e. The molecular formula is C15H20N2O. The van der Waals surface area contributed by atoms with E-state index in [1.54, 1.807) is 0 Å². The van der Waals surface area contributed by atoms with Crippen LogP contribution in [0.3, 0.4) is 0 Å². The maximum absolute atomic E-state index is 9.20. The SMILES string of the molecule is N#CC(CNCC1CCCOC1)c1ccccc1. The van der Waals surface area contributed by atoms with Crippen LogP contribution in [0.4, 0.5) is 0 Å². The molecule has 0 saturated carbocycles. The first-order chi connectivity index (χ1) is 8.90. The summed E-state index contributed by atoms with van der Waals surface area (Å²) in [5.74, 6) is 0.546. The summed E-state index contributed by atoms with van der Waals surface area (Å²) in [5, 5.41) is 12.6. The first kappa shape index (κ1) is 13.1. The van der Waals surface area contributed by atoms with Crippen LogP contribution in [0.5, 0.6) is 0 Å². The summed E-state index contributed by atoms with van der Waals surface area (Å²) in [6.45, 7) is 3.43. The average molecular weight is 244 g/mol. The zero-order valence-corrected chi connectivity index (χ0v) is 10.6. The van der Waals surface area contributed by atoms with Crippen LogP contribution in [-0.2, 0) is 4.74 Å². The van der Waals surface area contributed by atoms with E-state index in [0.29, 0.717) is 5.92 Å². The third-order valence-corrected chi connectivity index (χ3v) is 3.39. The van der Waals surface area contributed by atoms with Gasteiger partial charge in [0, 0.05) is 19.7 Å². The quantitative estimate of drug-likeness (QED) is 0.864. The fourth-order valence-electron chi connectivity index (χ4n) is 2.32. The highest BCUT2D eigenvalue weighted by Crippen LogP contribution is 2.15. The molecule has 1 aromatic carbocycles. The maximum Gasteiger partial charge on any atom is 0.0837 e. The van der Waals surface area contributed by atoms with Crippen LogP contribution < -0.4 is 5.32 Å². The summed E-state index contributed by atoms with van der Waals surface area (Å²) in [5.41, 5.74) is 1.09. The number of nitrogens with zero attached hydrogens (tertiary/aromatic N) is 1. The Morgan fingerprint density at radius 3 is 2.89 bits per heavy atom. The minimum atomic E-state index is -0.0595. The first-order valence-corrected chi connectivity index (χ1v) is 6.63. The number of hydrogen-bond donors (Lipinski definition) is 1. The van der Waals surface area contributed by atoms with E-state index in [9.17, 15) is 5.26 Å². The molecule has 18 heavy (non-hydrogen) atoms. The van der Waals surface area contributed by atoms with Crippen molar-refractivity contribution in [1.29, 1.82) is 5.26 Å². The second-order valence-corrected chi connectivity index (χ2v) is 4.83. The van der Waals surface area contributed by atoms with Crippen molar-refractivity contribution in [3.05, 3.63) is 35.9 Å². The van der Waals surface area contributed by atoms with Crippen molar-refractivity contribution < 1.29 is 4.74 Å². The van der Waals surface area contributed by atoms with Gasteiger partial charge in [-0.15, -0.1) is 0 Å². The molecule has 96 valence electrons. The Labute approximate surface area is 109 Å². The Morgan fingerprint density at radius 2 is 2.22 bits per heavy atom. The van der Waals surface area contributed by atoms with Crippen molar-refractivity contribution in [2.75, 3.05) is 26.3 Å². The molecule has 2 rings (SSSR count). The van der Waals surface area contributed by atoms with Gasteiger partial charge in [-0.2, -0.15) is 5.26 Å². The molecule has 1 heterocycles. The van der Waals surface area contributed by atoms with Crippen LogP contribution in [0.1, 0.15) is 24.3 Å². The van der Waals surface area contributed by atoms with Crippen molar-refractivity contribution in [2.24, 2.45) is 5.92 Å². The zero-order chi connectivity index (χ0) is 12.6. The van der Waals surface area contributed by atoms with E-state index in [1.165, 1.54) is 6.42 Å². The van der Waals surface area contributed by atoms with Crippen LogP contribution in [0, 0.1) is 17.2 Å².